The lowest BCUT2D eigenvalue weighted by atomic mass is 10.2. The number of carbonyl (C=O) groups excluding carboxylic acids is 1. The van der Waals surface area contributed by atoms with Crippen molar-refractivity contribution < 1.29 is 36.4 Å². The van der Waals surface area contributed by atoms with Gasteiger partial charge in [0.1, 0.15) is 23.7 Å². The number of hydrogen-bond acceptors (Lipinski definition) is 5. The van der Waals surface area contributed by atoms with Crippen LogP contribution in [-0.2, 0) is 17.5 Å². The van der Waals surface area contributed by atoms with Gasteiger partial charge in [0, 0.05) is 17.8 Å². The van der Waals surface area contributed by atoms with Gasteiger partial charge in [0.15, 0.2) is 0 Å². The Morgan fingerprint density at radius 2 is 1.91 bits per heavy atom. The number of anilines is 1. The minimum atomic E-state index is -4.62. The van der Waals surface area contributed by atoms with Gasteiger partial charge < -0.3 is 10.1 Å². The first-order valence-corrected chi connectivity index (χ1v) is 9.19. The Balaban J connectivity index is 1.82. The lowest BCUT2D eigenvalue weighted by molar-refractivity contribution is -0.384. The summed E-state index contributed by atoms with van der Waals surface area (Å²) < 4.78 is 70.6. The van der Waals surface area contributed by atoms with E-state index >= 15 is 0 Å². The molecule has 13 heteroatoms. The zero-order valence-electron chi connectivity index (χ0n) is 16.8. The number of nitrogens with zero attached hydrogens (tertiary/aromatic N) is 3. The van der Waals surface area contributed by atoms with E-state index in [2.05, 4.69) is 10.4 Å². The molecule has 1 amide bonds. The molecule has 0 aliphatic heterocycles. The molecule has 1 aromatic heterocycles. The van der Waals surface area contributed by atoms with Crippen molar-refractivity contribution in [3.05, 3.63) is 75.6 Å². The number of amides is 1. The number of rotatable bonds is 7. The van der Waals surface area contributed by atoms with E-state index in [0.29, 0.717) is 5.69 Å². The highest BCUT2D eigenvalue weighted by Crippen LogP contribution is 2.34. The normalized spacial score (nSPS) is 11.5. The van der Waals surface area contributed by atoms with Crippen LogP contribution >= 0.6 is 0 Å². The van der Waals surface area contributed by atoms with Crippen molar-refractivity contribution in [3.8, 4) is 11.5 Å². The Morgan fingerprint density at radius 3 is 2.52 bits per heavy atom. The van der Waals surface area contributed by atoms with E-state index in [4.69, 9.17) is 4.74 Å². The highest BCUT2D eigenvalue weighted by Gasteiger charge is 2.30. The van der Waals surface area contributed by atoms with Crippen molar-refractivity contribution in [2.75, 3.05) is 5.32 Å². The molecule has 1 heterocycles. The summed E-state index contributed by atoms with van der Waals surface area (Å²) in [4.78, 5) is 22.8. The van der Waals surface area contributed by atoms with Crippen LogP contribution in [-0.4, -0.2) is 20.6 Å². The Labute approximate surface area is 182 Å². The number of alkyl halides is 5. The van der Waals surface area contributed by atoms with E-state index in [-0.39, 0.29) is 17.2 Å². The van der Waals surface area contributed by atoms with Crippen LogP contribution in [0.25, 0.3) is 0 Å². The maximum atomic E-state index is 12.9. The molecule has 0 spiro atoms. The van der Waals surface area contributed by atoms with Gasteiger partial charge in [-0.05, 0) is 31.2 Å². The second-order valence-corrected chi connectivity index (χ2v) is 6.82. The third kappa shape index (κ3) is 6.02. The predicted molar refractivity (Wildman–Crippen MR) is 105 cm³/mol. The topological polar surface area (TPSA) is 99.3 Å². The van der Waals surface area contributed by atoms with Gasteiger partial charge in [-0.15, -0.1) is 0 Å². The number of nitrogens with one attached hydrogen (secondary N) is 1. The number of ether oxygens (including phenoxy) is 1. The molecule has 0 bridgehead atoms. The molecule has 3 aromatic rings. The molecule has 33 heavy (non-hydrogen) atoms. The fourth-order valence-electron chi connectivity index (χ4n) is 2.83. The quantitative estimate of drug-likeness (QED) is 0.280. The van der Waals surface area contributed by atoms with E-state index in [9.17, 15) is 36.9 Å². The van der Waals surface area contributed by atoms with Crippen LogP contribution in [0.15, 0.2) is 48.5 Å². The number of hydrogen-bond donors (Lipinski definition) is 1. The number of nitro groups is 1. The van der Waals surface area contributed by atoms with Crippen LogP contribution < -0.4 is 10.1 Å². The largest absolute Gasteiger partial charge is 0.457 e. The summed E-state index contributed by atoms with van der Waals surface area (Å²) in [6, 6.07) is 8.17. The molecular formula is C20H15F5N4O4. The van der Waals surface area contributed by atoms with Crippen molar-refractivity contribution in [3.63, 3.8) is 0 Å². The van der Waals surface area contributed by atoms with Crippen molar-refractivity contribution >= 4 is 17.3 Å². The number of nitro benzene ring substituents is 1. The average Bonchev–Trinajstić information content (AvgIpc) is 3.08. The third-order valence-electron chi connectivity index (χ3n) is 4.30. The minimum absolute atomic E-state index is 0.0879. The lowest BCUT2D eigenvalue weighted by Crippen LogP contribution is -2.20. The molecule has 1 N–H and O–H groups in total. The predicted octanol–water partition coefficient (Wildman–Crippen LogP) is 5.49. The Hall–Kier alpha value is -4.03. The summed E-state index contributed by atoms with van der Waals surface area (Å²) in [6.07, 6.45) is -7.43. The SMILES string of the molecule is Cc1cc(C(F)F)nn1CC(=O)Nc1cc(Oc2cccc(C(F)(F)F)c2)cc([N+](=O)[O-])c1. The molecule has 0 radical (unpaired) electrons. The molecule has 8 nitrogen and oxygen atoms in total. The first kappa shape index (κ1) is 23.6. The summed E-state index contributed by atoms with van der Waals surface area (Å²) in [6.45, 7) is 1.02. The van der Waals surface area contributed by atoms with E-state index in [1.165, 1.54) is 19.1 Å². The second-order valence-electron chi connectivity index (χ2n) is 6.82. The van der Waals surface area contributed by atoms with Crippen LogP contribution in [0, 0.1) is 17.0 Å². The summed E-state index contributed by atoms with van der Waals surface area (Å²) in [5.74, 6) is -1.16. The maximum Gasteiger partial charge on any atom is 0.416 e. The van der Waals surface area contributed by atoms with Gasteiger partial charge in [-0.25, -0.2) is 8.78 Å². The molecule has 174 valence electrons. The lowest BCUT2D eigenvalue weighted by Gasteiger charge is -2.12. The van der Waals surface area contributed by atoms with E-state index < -0.39 is 46.9 Å². The summed E-state index contributed by atoms with van der Waals surface area (Å²) in [5, 5.41) is 17.2. The number of aromatic nitrogens is 2. The highest BCUT2D eigenvalue weighted by atomic mass is 19.4. The number of carbonyl (C=O) groups is 1. The molecule has 0 atom stereocenters. The van der Waals surface area contributed by atoms with Gasteiger partial charge in [-0.3, -0.25) is 19.6 Å². The van der Waals surface area contributed by atoms with Gasteiger partial charge in [0.2, 0.25) is 5.91 Å². The van der Waals surface area contributed by atoms with Crippen LogP contribution in [0.4, 0.5) is 33.3 Å². The van der Waals surface area contributed by atoms with Gasteiger partial charge in [0.05, 0.1) is 22.2 Å². The van der Waals surface area contributed by atoms with Crippen molar-refractivity contribution in [1.29, 1.82) is 0 Å². The number of benzene rings is 2. The Kier molecular flexibility index (Phi) is 6.60. The summed E-state index contributed by atoms with van der Waals surface area (Å²) >= 11 is 0. The second kappa shape index (κ2) is 9.22. The van der Waals surface area contributed by atoms with Gasteiger partial charge in [-0.1, -0.05) is 6.07 Å². The fraction of sp³-hybridized carbons (Fsp3) is 0.200. The molecular weight excluding hydrogens is 455 g/mol. The monoisotopic (exact) mass is 470 g/mol. The van der Waals surface area contributed by atoms with Crippen LogP contribution in [0.1, 0.15) is 23.4 Å². The molecule has 0 aliphatic carbocycles. The molecule has 2 aromatic carbocycles. The number of non-ortho nitro benzene ring substituents is 1. The van der Waals surface area contributed by atoms with E-state index in [1.54, 1.807) is 0 Å². The van der Waals surface area contributed by atoms with Crippen molar-refractivity contribution in [2.24, 2.45) is 0 Å². The van der Waals surface area contributed by atoms with Crippen molar-refractivity contribution in [2.45, 2.75) is 26.1 Å². The highest BCUT2D eigenvalue weighted by molar-refractivity contribution is 5.91. The molecule has 0 unspecified atom stereocenters. The summed E-state index contributed by atoms with van der Waals surface area (Å²) in [5.41, 5.74) is -1.77. The first-order valence-electron chi connectivity index (χ1n) is 9.19. The van der Waals surface area contributed by atoms with Crippen molar-refractivity contribution in [1.82, 2.24) is 9.78 Å². The molecule has 0 saturated carbocycles. The Morgan fingerprint density at radius 1 is 1.18 bits per heavy atom. The van der Waals surface area contributed by atoms with E-state index in [0.717, 1.165) is 41.1 Å². The smallest absolute Gasteiger partial charge is 0.416 e. The average molecular weight is 470 g/mol. The van der Waals surface area contributed by atoms with Crippen LogP contribution in [0.3, 0.4) is 0 Å². The number of aryl methyl sites for hydroxylation is 1. The maximum absolute atomic E-state index is 12.9. The van der Waals surface area contributed by atoms with Crippen LogP contribution in [0.5, 0.6) is 11.5 Å². The van der Waals surface area contributed by atoms with E-state index in [1.807, 2.05) is 0 Å². The molecule has 0 fully saturated rings. The Bertz CT molecular complexity index is 1190. The third-order valence-corrected chi connectivity index (χ3v) is 4.30. The number of halogens is 5. The van der Waals surface area contributed by atoms with Gasteiger partial charge in [0.25, 0.3) is 12.1 Å². The van der Waals surface area contributed by atoms with Crippen LogP contribution in [0.2, 0.25) is 0 Å². The summed E-state index contributed by atoms with van der Waals surface area (Å²) in [7, 11) is 0. The first-order chi connectivity index (χ1) is 15.4. The molecule has 0 saturated heterocycles. The van der Waals surface area contributed by atoms with Gasteiger partial charge >= 0.3 is 6.18 Å². The standard InChI is InChI=1S/C20H15F5N4O4/c1-11-5-17(19(21)22)27-28(11)10-18(30)26-13-7-14(29(31)32)9-16(8-13)33-15-4-2-3-12(6-15)20(23,24)25/h2-9,19H,10H2,1H3,(H,26,30). The molecule has 0 aliphatic rings. The molecule has 3 rings (SSSR count). The zero-order chi connectivity index (χ0) is 24.3. The van der Waals surface area contributed by atoms with Gasteiger partial charge in [-0.2, -0.15) is 18.3 Å². The fourth-order valence-corrected chi connectivity index (χ4v) is 2.83. The minimum Gasteiger partial charge on any atom is -0.457 e. The zero-order valence-corrected chi connectivity index (χ0v) is 16.8.